The molecule has 0 aliphatic heterocycles. The van der Waals surface area contributed by atoms with Crippen molar-refractivity contribution in [3.63, 3.8) is 0 Å². The normalized spacial score (nSPS) is 16.5. The molecule has 1 aliphatic carbocycles. The highest BCUT2D eigenvalue weighted by Gasteiger charge is 2.29. The van der Waals surface area contributed by atoms with Crippen LogP contribution in [0.4, 0.5) is 0 Å². The number of esters is 3. The van der Waals surface area contributed by atoms with Crippen molar-refractivity contribution in [3.05, 3.63) is 77.9 Å². The van der Waals surface area contributed by atoms with Crippen molar-refractivity contribution in [2.75, 3.05) is 6.61 Å². The van der Waals surface area contributed by atoms with Gasteiger partial charge in [0.1, 0.15) is 11.9 Å². The average molecular weight is 563 g/mol. The number of carbonyl (C=O) groups is 3. The summed E-state index contributed by atoms with van der Waals surface area (Å²) in [5.74, 6) is -0.458. The second-order valence-electron chi connectivity index (χ2n) is 11.0. The standard InChI is InChI=1S/C35H46O6/c1-3-5-6-9-12-28-16-22-31(23-17-28)40-35(38)30-20-24-32(25-21-30)41-34(37)29-18-14-27(15-19-29)13-10-7-8-11-26-39-33(36)4-2/h4,14-19,22-23,30,32H,2-3,5-13,20-21,24-26H2,1H3. The van der Waals surface area contributed by atoms with Gasteiger partial charge in [-0.3, -0.25) is 4.79 Å². The number of aryl methyl sites for hydroxylation is 2. The van der Waals surface area contributed by atoms with Crippen molar-refractivity contribution in [1.82, 2.24) is 0 Å². The van der Waals surface area contributed by atoms with Crippen molar-refractivity contribution in [2.24, 2.45) is 5.92 Å². The number of hydrogen-bond acceptors (Lipinski definition) is 6. The second kappa shape index (κ2) is 18.1. The van der Waals surface area contributed by atoms with Crippen LogP contribution in [0.5, 0.6) is 5.75 Å². The minimum absolute atomic E-state index is 0.167. The molecule has 1 saturated carbocycles. The molecule has 0 spiro atoms. The van der Waals surface area contributed by atoms with Crippen molar-refractivity contribution in [3.8, 4) is 5.75 Å². The molecular formula is C35H46O6. The molecular weight excluding hydrogens is 516 g/mol. The molecule has 0 heterocycles. The smallest absolute Gasteiger partial charge is 0.338 e. The predicted octanol–water partition coefficient (Wildman–Crippen LogP) is 7.96. The number of rotatable bonds is 17. The molecule has 0 N–H and O–H groups in total. The van der Waals surface area contributed by atoms with Gasteiger partial charge in [-0.05, 0) is 93.2 Å². The van der Waals surface area contributed by atoms with Gasteiger partial charge in [0.15, 0.2) is 0 Å². The summed E-state index contributed by atoms with van der Waals surface area (Å²) < 4.78 is 16.4. The number of hydrogen-bond donors (Lipinski definition) is 0. The Morgan fingerprint density at radius 2 is 1.37 bits per heavy atom. The summed E-state index contributed by atoms with van der Waals surface area (Å²) in [6.07, 6.45) is 14.5. The topological polar surface area (TPSA) is 78.9 Å². The van der Waals surface area contributed by atoms with Gasteiger partial charge in [0.05, 0.1) is 18.1 Å². The van der Waals surface area contributed by atoms with Crippen LogP contribution in [0.25, 0.3) is 0 Å². The van der Waals surface area contributed by atoms with E-state index in [1.165, 1.54) is 42.9 Å². The van der Waals surface area contributed by atoms with Crippen LogP contribution >= 0.6 is 0 Å². The Kier molecular flexibility index (Phi) is 14.2. The largest absolute Gasteiger partial charge is 0.463 e. The SMILES string of the molecule is C=CC(=O)OCCCCCCc1ccc(C(=O)OC2CCC(C(=O)Oc3ccc(CCCCCC)cc3)CC2)cc1. The van der Waals surface area contributed by atoms with Gasteiger partial charge in [0, 0.05) is 6.08 Å². The maximum atomic E-state index is 12.7. The van der Waals surface area contributed by atoms with Crippen LogP contribution in [0.1, 0.15) is 105 Å². The van der Waals surface area contributed by atoms with E-state index < -0.39 is 0 Å². The molecule has 3 rings (SSSR count). The zero-order chi connectivity index (χ0) is 29.3. The van der Waals surface area contributed by atoms with Crippen LogP contribution in [0.2, 0.25) is 0 Å². The predicted molar refractivity (Wildman–Crippen MR) is 161 cm³/mol. The molecule has 1 aliphatic rings. The van der Waals surface area contributed by atoms with E-state index in [4.69, 9.17) is 14.2 Å². The van der Waals surface area contributed by atoms with Gasteiger partial charge in [-0.2, -0.15) is 0 Å². The number of carbonyl (C=O) groups excluding carboxylic acids is 3. The van der Waals surface area contributed by atoms with E-state index in [2.05, 4.69) is 13.5 Å². The number of unbranched alkanes of at least 4 members (excludes halogenated alkanes) is 6. The number of ether oxygens (including phenoxy) is 3. The summed E-state index contributed by atoms with van der Waals surface area (Å²) in [7, 11) is 0. The fourth-order valence-electron chi connectivity index (χ4n) is 5.14. The van der Waals surface area contributed by atoms with Crippen LogP contribution in [0.3, 0.4) is 0 Å². The maximum absolute atomic E-state index is 12.7. The molecule has 6 heteroatoms. The van der Waals surface area contributed by atoms with Crippen molar-refractivity contribution in [1.29, 1.82) is 0 Å². The van der Waals surface area contributed by atoms with Gasteiger partial charge in [-0.25, -0.2) is 9.59 Å². The quantitative estimate of drug-likeness (QED) is 0.0842. The van der Waals surface area contributed by atoms with Crippen molar-refractivity contribution < 1.29 is 28.6 Å². The summed E-state index contributed by atoms with van der Waals surface area (Å²) in [6, 6.07) is 15.5. The minimum atomic E-state index is -0.374. The summed E-state index contributed by atoms with van der Waals surface area (Å²) in [6.45, 7) is 6.03. The van der Waals surface area contributed by atoms with Crippen LogP contribution in [0.15, 0.2) is 61.2 Å². The molecule has 222 valence electrons. The first-order valence-corrected chi connectivity index (χ1v) is 15.4. The third-order valence-electron chi connectivity index (χ3n) is 7.70. The average Bonchev–Trinajstić information content (AvgIpc) is 3.00. The first kappa shape index (κ1) is 32.1. The molecule has 2 aromatic carbocycles. The summed E-state index contributed by atoms with van der Waals surface area (Å²) >= 11 is 0. The van der Waals surface area contributed by atoms with Crippen molar-refractivity contribution >= 4 is 17.9 Å². The number of benzene rings is 2. The van der Waals surface area contributed by atoms with E-state index in [1.54, 1.807) is 0 Å². The molecule has 6 nitrogen and oxygen atoms in total. The molecule has 2 aromatic rings. The molecule has 41 heavy (non-hydrogen) atoms. The van der Waals surface area contributed by atoms with Crippen LogP contribution in [-0.4, -0.2) is 30.6 Å². The molecule has 0 amide bonds. The summed E-state index contributed by atoms with van der Waals surface area (Å²) in [4.78, 5) is 36.4. The Balaban J connectivity index is 1.31. The Hall–Kier alpha value is -3.41. The lowest BCUT2D eigenvalue weighted by atomic mass is 9.87. The van der Waals surface area contributed by atoms with Gasteiger partial charge in [-0.1, -0.05) is 69.9 Å². The van der Waals surface area contributed by atoms with E-state index in [-0.39, 0.29) is 29.9 Å². The van der Waals surface area contributed by atoms with Crippen LogP contribution in [-0.2, 0) is 31.9 Å². The monoisotopic (exact) mass is 562 g/mol. The van der Waals surface area contributed by atoms with Crippen LogP contribution in [0, 0.1) is 5.92 Å². The van der Waals surface area contributed by atoms with Crippen LogP contribution < -0.4 is 4.74 Å². The van der Waals surface area contributed by atoms with Gasteiger partial charge in [-0.15, -0.1) is 0 Å². The fraction of sp³-hybridized carbons (Fsp3) is 0.514. The van der Waals surface area contributed by atoms with E-state index in [0.717, 1.165) is 38.5 Å². The minimum Gasteiger partial charge on any atom is -0.463 e. The maximum Gasteiger partial charge on any atom is 0.338 e. The van der Waals surface area contributed by atoms with E-state index in [1.807, 2.05) is 48.5 Å². The van der Waals surface area contributed by atoms with Gasteiger partial charge < -0.3 is 14.2 Å². The first-order chi connectivity index (χ1) is 20.0. The van der Waals surface area contributed by atoms with Crippen molar-refractivity contribution in [2.45, 2.75) is 103 Å². The zero-order valence-electron chi connectivity index (χ0n) is 24.6. The summed E-state index contributed by atoms with van der Waals surface area (Å²) in [5, 5.41) is 0. The molecule has 0 radical (unpaired) electrons. The van der Waals surface area contributed by atoms with Gasteiger partial charge in [0.25, 0.3) is 0 Å². The second-order valence-corrected chi connectivity index (χ2v) is 11.0. The summed E-state index contributed by atoms with van der Waals surface area (Å²) in [5.41, 5.74) is 3.00. The Labute approximate surface area is 245 Å². The highest BCUT2D eigenvalue weighted by atomic mass is 16.5. The van der Waals surface area contributed by atoms with E-state index >= 15 is 0 Å². The van der Waals surface area contributed by atoms with Gasteiger partial charge in [0.2, 0.25) is 0 Å². The lowest BCUT2D eigenvalue weighted by Crippen LogP contribution is -2.30. The molecule has 0 aromatic heterocycles. The molecule has 0 saturated heterocycles. The molecule has 0 unspecified atom stereocenters. The Morgan fingerprint density at radius 1 is 0.780 bits per heavy atom. The third-order valence-corrected chi connectivity index (χ3v) is 7.70. The lowest BCUT2D eigenvalue weighted by Gasteiger charge is -2.27. The van der Waals surface area contributed by atoms with Gasteiger partial charge >= 0.3 is 17.9 Å². The van der Waals surface area contributed by atoms with E-state index in [9.17, 15) is 14.4 Å². The molecule has 1 fully saturated rings. The molecule has 0 atom stereocenters. The molecule has 0 bridgehead atoms. The Bertz CT molecular complexity index is 1080. The fourth-order valence-corrected chi connectivity index (χ4v) is 5.14. The highest BCUT2D eigenvalue weighted by Crippen LogP contribution is 2.29. The third kappa shape index (κ3) is 11.9. The highest BCUT2D eigenvalue weighted by molar-refractivity contribution is 5.89. The lowest BCUT2D eigenvalue weighted by molar-refractivity contribution is -0.140. The zero-order valence-corrected chi connectivity index (χ0v) is 24.6. The van der Waals surface area contributed by atoms with E-state index in [0.29, 0.717) is 43.6 Å². The Morgan fingerprint density at radius 3 is 1.98 bits per heavy atom. The first-order valence-electron chi connectivity index (χ1n) is 15.4.